The van der Waals surface area contributed by atoms with E-state index in [4.69, 9.17) is 11.6 Å². The molecule has 0 aliphatic heterocycles. The molecule has 9 heteroatoms. The zero-order chi connectivity index (χ0) is 23.6. The first-order valence-electron chi connectivity index (χ1n) is 10.3. The molecule has 0 spiro atoms. The van der Waals surface area contributed by atoms with Gasteiger partial charge in [0.2, 0.25) is 10.0 Å². The van der Waals surface area contributed by atoms with Crippen LogP contribution in [0.4, 0.5) is 0 Å². The molecule has 1 amide bonds. The quantitative estimate of drug-likeness (QED) is 0.413. The second-order valence-electron chi connectivity index (χ2n) is 7.78. The molecule has 0 fully saturated rings. The number of imidazole rings is 1. The number of rotatable bonds is 7. The average Bonchev–Trinajstić information content (AvgIpc) is 3.23. The van der Waals surface area contributed by atoms with Crippen LogP contribution in [0.2, 0.25) is 5.02 Å². The molecule has 0 aliphatic rings. The van der Waals surface area contributed by atoms with E-state index in [9.17, 15) is 13.2 Å². The number of aromatic nitrogens is 2. The minimum absolute atomic E-state index is 0.00889. The molecular formula is C24H23ClN4O3S. The molecule has 0 saturated heterocycles. The molecule has 4 rings (SSSR count). The summed E-state index contributed by atoms with van der Waals surface area (Å²) < 4.78 is 26.2. The van der Waals surface area contributed by atoms with Crippen molar-refractivity contribution in [3.63, 3.8) is 0 Å². The summed E-state index contributed by atoms with van der Waals surface area (Å²) in [5.74, 6) is 0.110. The standard InChI is InChI=1S/C24H23ClN4O3S/c1-29(2)33(31,32)17-12-13-19(25)18(15-17)24(30)28-22(14-16-8-4-3-5-9-16)23-26-20-10-6-7-11-21(20)27-23/h3-13,15,22H,14H2,1-2H3,(H,26,27)(H,28,30). The van der Waals surface area contributed by atoms with Gasteiger partial charge in [0.15, 0.2) is 0 Å². The maximum Gasteiger partial charge on any atom is 0.253 e. The van der Waals surface area contributed by atoms with E-state index in [0.717, 1.165) is 20.9 Å². The maximum atomic E-state index is 13.3. The van der Waals surface area contributed by atoms with Gasteiger partial charge in [-0.2, -0.15) is 0 Å². The normalized spacial score (nSPS) is 12.7. The number of para-hydroxylation sites is 2. The Bertz CT molecular complexity index is 1370. The van der Waals surface area contributed by atoms with Crippen LogP contribution in [0, 0.1) is 0 Å². The maximum absolute atomic E-state index is 13.3. The zero-order valence-corrected chi connectivity index (χ0v) is 19.7. The Morgan fingerprint density at radius 1 is 1.06 bits per heavy atom. The van der Waals surface area contributed by atoms with Gasteiger partial charge in [-0.25, -0.2) is 17.7 Å². The van der Waals surface area contributed by atoms with Gasteiger partial charge >= 0.3 is 0 Å². The molecule has 1 aromatic heterocycles. The van der Waals surface area contributed by atoms with Crippen molar-refractivity contribution < 1.29 is 13.2 Å². The minimum atomic E-state index is -3.72. The number of carbonyl (C=O) groups excluding carboxylic acids is 1. The van der Waals surface area contributed by atoms with E-state index in [-0.39, 0.29) is 15.5 Å². The lowest BCUT2D eigenvalue weighted by molar-refractivity contribution is 0.0935. The van der Waals surface area contributed by atoms with Crippen LogP contribution in [0.3, 0.4) is 0 Å². The smallest absolute Gasteiger partial charge is 0.253 e. The van der Waals surface area contributed by atoms with Crippen molar-refractivity contribution in [1.82, 2.24) is 19.6 Å². The predicted octanol–water partition coefficient (Wildman–Crippen LogP) is 4.18. The van der Waals surface area contributed by atoms with Gasteiger partial charge in [0.25, 0.3) is 5.91 Å². The van der Waals surface area contributed by atoms with Gasteiger partial charge in [-0.05, 0) is 42.3 Å². The number of aromatic amines is 1. The Labute approximate surface area is 197 Å². The highest BCUT2D eigenvalue weighted by Crippen LogP contribution is 2.25. The Kier molecular flexibility index (Phi) is 6.51. The van der Waals surface area contributed by atoms with Crippen molar-refractivity contribution in [2.75, 3.05) is 14.1 Å². The number of nitrogens with zero attached hydrogens (tertiary/aromatic N) is 2. The molecule has 170 valence electrons. The summed E-state index contributed by atoms with van der Waals surface area (Å²) in [5.41, 5.74) is 2.74. The predicted molar refractivity (Wildman–Crippen MR) is 129 cm³/mol. The molecule has 0 bridgehead atoms. The first kappa shape index (κ1) is 23.0. The highest BCUT2D eigenvalue weighted by molar-refractivity contribution is 7.89. The Morgan fingerprint density at radius 3 is 2.45 bits per heavy atom. The number of amides is 1. The molecule has 4 aromatic rings. The van der Waals surface area contributed by atoms with E-state index >= 15 is 0 Å². The van der Waals surface area contributed by atoms with Crippen molar-refractivity contribution in [2.45, 2.75) is 17.4 Å². The fourth-order valence-corrected chi connectivity index (χ4v) is 4.62. The van der Waals surface area contributed by atoms with Crippen LogP contribution in [-0.2, 0) is 16.4 Å². The lowest BCUT2D eigenvalue weighted by Crippen LogP contribution is -2.31. The van der Waals surface area contributed by atoms with E-state index in [1.165, 1.54) is 32.3 Å². The summed E-state index contributed by atoms with van der Waals surface area (Å²) in [6.07, 6.45) is 0.486. The molecule has 3 aromatic carbocycles. The van der Waals surface area contributed by atoms with Gasteiger partial charge < -0.3 is 10.3 Å². The summed E-state index contributed by atoms with van der Waals surface area (Å²) in [7, 11) is -0.857. The van der Waals surface area contributed by atoms with Crippen molar-refractivity contribution >= 4 is 38.6 Å². The number of nitrogens with one attached hydrogen (secondary N) is 2. The number of H-pyrrole nitrogens is 1. The number of hydrogen-bond donors (Lipinski definition) is 2. The number of carbonyl (C=O) groups is 1. The van der Waals surface area contributed by atoms with Gasteiger partial charge in [-0.1, -0.05) is 54.1 Å². The summed E-state index contributed by atoms with van der Waals surface area (Å²) in [4.78, 5) is 21.2. The van der Waals surface area contributed by atoms with E-state index in [2.05, 4.69) is 15.3 Å². The van der Waals surface area contributed by atoms with Crippen molar-refractivity contribution in [2.24, 2.45) is 0 Å². The molecule has 1 unspecified atom stereocenters. The zero-order valence-electron chi connectivity index (χ0n) is 18.1. The SMILES string of the molecule is CN(C)S(=O)(=O)c1ccc(Cl)c(C(=O)NC(Cc2ccccc2)c2nc3ccccc3[nH]2)c1. The Morgan fingerprint density at radius 2 is 1.76 bits per heavy atom. The molecule has 1 atom stereocenters. The van der Waals surface area contributed by atoms with Crippen LogP contribution in [0.1, 0.15) is 27.8 Å². The molecule has 0 saturated carbocycles. The van der Waals surface area contributed by atoms with Crippen LogP contribution >= 0.6 is 11.6 Å². The van der Waals surface area contributed by atoms with Crippen LogP contribution in [0.25, 0.3) is 11.0 Å². The van der Waals surface area contributed by atoms with Crippen molar-refractivity contribution in [3.05, 3.63) is 94.8 Å². The van der Waals surface area contributed by atoms with E-state index in [1.807, 2.05) is 54.6 Å². The first-order valence-corrected chi connectivity index (χ1v) is 12.1. The number of fused-ring (bicyclic) bond motifs is 1. The topological polar surface area (TPSA) is 95.2 Å². The average molecular weight is 483 g/mol. The van der Waals surface area contributed by atoms with Crippen molar-refractivity contribution in [3.8, 4) is 0 Å². The third-order valence-corrected chi connectivity index (χ3v) is 7.43. The van der Waals surface area contributed by atoms with E-state index in [0.29, 0.717) is 12.2 Å². The van der Waals surface area contributed by atoms with Gasteiger partial charge in [-0.3, -0.25) is 4.79 Å². The number of benzene rings is 3. The van der Waals surface area contributed by atoms with Gasteiger partial charge in [-0.15, -0.1) is 0 Å². The van der Waals surface area contributed by atoms with Gasteiger partial charge in [0.1, 0.15) is 5.82 Å². The summed E-state index contributed by atoms with van der Waals surface area (Å²) in [6.45, 7) is 0. The molecule has 1 heterocycles. The van der Waals surface area contributed by atoms with Crippen LogP contribution in [0.15, 0.2) is 77.7 Å². The molecule has 33 heavy (non-hydrogen) atoms. The molecule has 7 nitrogen and oxygen atoms in total. The lowest BCUT2D eigenvalue weighted by atomic mass is 10.0. The highest BCUT2D eigenvalue weighted by atomic mass is 35.5. The van der Waals surface area contributed by atoms with Crippen molar-refractivity contribution in [1.29, 1.82) is 0 Å². The largest absolute Gasteiger partial charge is 0.342 e. The van der Waals surface area contributed by atoms with Gasteiger partial charge in [0.05, 0.1) is 32.6 Å². The molecule has 0 radical (unpaired) electrons. The minimum Gasteiger partial charge on any atom is -0.342 e. The second-order valence-corrected chi connectivity index (χ2v) is 10.3. The van der Waals surface area contributed by atoms with Crippen LogP contribution < -0.4 is 5.32 Å². The third kappa shape index (κ3) is 4.93. The third-order valence-electron chi connectivity index (χ3n) is 5.29. The number of hydrogen-bond acceptors (Lipinski definition) is 4. The number of halogens is 1. The van der Waals surface area contributed by atoms with E-state index < -0.39 is 22.0 Å². The van der Waals surface area contributed by atoms with Gasteiger partial charge in [0, 0.05) is 14.1 Å². The summed E-state index contributed by atoms with van der Waals surface area (Å²) in [6, 6.07) is 21.0. The molecule has 2 N–H and O–H groups in total. The second kappa shape index (κ2) is 9.35. The molecular weight excluding hydrogens is 460 g/mol. The van der Waals surface area contributed by atoms with Crippen LogP contribution in [0.5, 0.6) is 0 Å². The van der Waals surface area contributed by atoms with E-state index in [1.54, 1.807) is 0 Å². The Hall–Kier alpha value is -3.20. The first-order chi connectivity index (χ1) is 15.8. The summed E-state index contributed by atoms with van der Waals surface area (Å²) >= 11 is 6.28. The summed E-state index contributed by atoms with van der Waals surface area (Å²) in [5, 5.41) is 3.14. The van der Waals surface area contributed by atoms with Crippen LogP contribution in [-0.4, -0.2) is 42.7 Å². The fourth-order valence-electron chi connectivity index (χ4n) is 3.49. The highest BCUT2D eigenvalue weighted by Gasteiger charge is 2.24. The fraction of sp³-hybridized carbons (Fsp3) is 0.167. The lowest BCUT2D eigenvalue weighted by Gasteiger charge is -2.18. The molecule has 0 aliphatic carbocycles. The Balaban J connectivity index is 1.69. The monoisotopic (exact) mass is 482 g/mol. The number of sulfonamides is 1.